The predicted molar refractivity (Wildman–Crippen MR) is 98.2 cm³/mol. The second-order valence-corrected chi connectivity index (χ2v) is 10.9. The van der Waals surface area contributed by atoms with E-state index in [1.54, 1.807) is 0 Å². The molecule has 0 aromatic rings. The number of nitrogens with zero attached hydrogens (tertiary/aromatic N) is 3. The average Bonchev–Trinajstić information content (AvgIpc) is 3.12. The summed E-state index contributed by atoms with van der Waals surface area (Å²) >= 11 is 0. The zero-order valence-electron chi connectivity index (χ0n) is 15.5. The van der Waals surface area contributed by atoms with E-state index in [2.05, 4.69) is 28.4 Å². The number of nitrogens with two attached hydrogens (primary N) is 1. The number of carbonyl (C=O) groups excluding carboxylic acids is 1. The molecule has 3 aliphatic rings. The van der Waals surface area contributed by atoms with Gasteiger partial charge in [-0.1, -0.05) is 0 Å². The summed E-state index contributed by atoms with van der Waals surface area (Å²) in [5.74, 6) is -0.938. The van der Waals surface area contributed by atoms with Gasteiger partial charge >= 0.3 is 23.5 Å². The van der Waals surface area contributed by atoms with Crippen LogP contribution >= 0.6 is 23.5 Å². The standard InChI is InChI=1S/C10H18N5O14P3/c11-10-13-7-4(8(18)14-10)12-2-15(7)9-6(17)5(16)3(27-9)1-26-31(22,23)29-32(24,25)28-30(19,20)21/h3-6,9,12,16-17H,1-2H2,(H,22,23)(H,24,25)(H2,11,14,18)(H2,19,20,21)/t3-,4?,5-,6-,9-/m1/s1. The van der Waals surface area contributed by atoms with Crippen molar-refractivity contribution in [2.24, 2.45) is 15.7 Å². The van der Waals surface area contributed by atoms with Crippen LogP contribution in [0.2, 0.25) is 0 Å². The number of hydrogen-bond donors (Lipinski definition) is 8. The van der Waals surface area contributed by atoms with Gasteiger partial charge in [-0.3, -0.25) is 14.6 Å². The smallest absolute Gasteiger partial charge is 0.387 e. The number of aliphatic hydroxyl groups excluding tert-OH is 2. The molecule has 3 aliphatic heterocycles. The second kappa shape index (κ2) is 8.90. The van der Waals surface area contributed by atoms with Gasteiger partial charge in [-0.2, -0.15) is 18.6 Å². The Hall–Kier alpha value is -1.14. The second-order valence-electron chi connectivity index (χ2n) is 6.48. The van der Waals surface area contributed by atoms with E-state index in [0.717, 1.165) is 0 Å². The first-order chi connectivity index (χ1) is 14.6. The van der Waals surface area contributed by atoms with Crippen molar-refractivity contribution in [3.8, 4) is 0 Å². The number of nitrogens with one attached hydrogen (secondary N) is 1. The van der Waals surface area contributed by atoms with Gasteiger partial charge in [0.15, 0.2) is 6.23 Å². The number of hydrogen-bond acceptors (Lipinski definition) is 14. The largest absolute Gasteiger partial charge is 0.490 e. The van der Waals surface area contributed by atoms with Gasteiger partial charge in [0.05, 0.1) is 13.3 Å². The van der Waals surface area contributed by atoms with Crippen LogP contribution in [-0.2, 0) is 36.4 Å². The van der Waals surface area contributed by atoms with Gasteiger partial charge in [-0.25, -0.2) is 13.7 Å². The quantitative estimate of drug-likeness (QED) is 0.141. The van der Waals surface area contributed by atoms with Gasteiger partial charge in [0.2, 0.25) is 5.96 Å². The Labute approximate surface area is 177 Å². The molecule has 0 saturated carbocycles. The number of aliphatic imine (C=N–C) groups is 2. The lowest BCUT2D eigenvalue weighted by molar-refractivity contribution is -0.118. The summed E-state index contributed by atoms with van der Waals surface area (Å²) in [5.41, 5.74) is 5.45. The summed E-state index contributed by atoms with van der Waals surface area (Å²) in [4.78, 5) is 56.1. The third kappa shape index (κ3) is 5.85. The topological polar surface area (TPSA) is 293 Å². The number of aliphatic hydroxyl groups is 2. The van der Waals surface area contributed by atoms with E-state index in [-0.39, 0.29) is 18.5 Å². The molecule has 7 atom stereocenters. The molecule has 22 heteroatoms. The summed E-state index contributed by atoms with van der Waals surface area (Å²) in [6.07, 6.45) is -6.17. The third-order valence-electron chi connectivity index (χ3n) is 4.18. The zero-order valence-corrected chi connectivity index (χ0v) is 18.2. The van der Waals surface area contributed by atoms with Crippen LogP contribution in [0, 0.1) is 0 Å². The monoisotopic (exact) mass is 525 g/mol. The van der Waals surface area contributed by atoms with E-state index in [9.17, 15) is 33.6 Å². The van der Waals surface area contributed by atoms with Crippen molar-refractivity contribution in [2.75, 3.05) is 13.3 Å². The molecule has 3 heterocycles. The average molecular weight is 525 g/mol. The summed E-state index contributed by atoms with van der Waals surface area (Å²) in [6.45, 7) is -1.06. The van der Waals surface area contributed by atoms with Crippen LogP contribution in [0.5, 0.6) is 0 Å². The highest BCUT2D eigenvalue weighted by Crippen LogP contribution is 2.66. The van der Waals surface area contributed by atoms with Gasteiger partial charge < -0.3 is 45.2 Å². The van der Waals surface area contributed by atoms with Crippen molar-refractivity contribution in [3.63, 3.8) is 0 Å². The lowest BCUT2D eigenvalue weighted by atomic mass is 10.1. The molecule has 0 bridgehead atoms. The van der Waals surface area contributed by atoms with E-state index in [4.69, 9.17) is 25.2 Å². The number of phosphoric ester groups is 1. The normalized spacial score (nSPS) is 34.5. The molecule has 0 aliphatic carbocycles. The van der Waals surface area contributed by atoms with Gasteiger partial charge in [0.1, 0.15) is 30.2 Å². The first-order valence-corrected chi connectivity index (χ1v) is 12.9. The Morgan fingerprint density at radius 1 is 1.09 bits per heavy atom. The van der Waals surface area contributed by atoms with E-state index in [1.807, 2.05) is 0 Å². The molecular formula is C10H18N5O14P3. The third-order valence-corrected chi connectivity index (χ3v) is 7.98. The zero-order chi connectivity index (χ0) is 24.1. The first kappa shape index (κ1) is 25.5. The highest BCUT2D eigenvalue weighted by Gasteiger charge is 2.51. The maximum absolute atomic E-state index is 11.9. The van der Waals surface area contributed by atoms with Gasteiger partial charge in [0.25, 0.3) is 5.91 Å². The molecular weight excluding hydrogens is 507 g/mol. The Morgan fingerprint density at radius 2 is 1.75 bits per heavy atom. The van der Waals surface area contributed by atoms with Crippen LogP contribution in [-0.4, -0.2) is 96.2 Å². The molecule has 3 rings (SSSR count). The maximum atomic E-state index is 11.9. The molecule has 9 N–H and O–H groups in total. The molecule has 0 aromatic heterocycles. The highest BCUT2D eigenvalue weighted by atomic mass is 31.3. The van der Waals surface area contributed by atoms with Crippen LogP contribution in [0.15, 0.2) is 9.98 Å². The SMILES string of the molecule is NC1=NC(=O)C2NCN([C@@H]3O[C@H](COP(=O)(O)OP(=O)(O)OP(=O)(O)O)[C@@H](O)[C@H]3O)C2=N1. The molecule has 182 valence electrons. The number of rotatable bonds is 8. The molecule has 2 saturated heterocycles. The van der Waals surface area contributed by atoms with E-state index in [1.165, 1.54) is 4.90 Å². The lowest BCUT2D eigenvalue weighted by Gasteiger charge is -2.28. The van der Waals surface area contributed by atoms with Crippen molar-refractivity contribution < 1.29 is 66.2 Å². The number of amides is 1. The van der Waals surface area contributed by atoms with E-state index < -0.39 is 66.6 Å². The molecule has 0 spiro atoms. The molecule has 0 radical (unpaired) electrons. The minimum absolute atomic E-state index is 0.0484. The Bertz CT molecular complexity index is 982. The summed E-state index contributed by atoms with van der Waals surface area (Å²) < 4.78 is 50.7. The highest BCUT2D eigenvalue weighted by molar-refractivity contribution is 7.66. The van der Waals surface area contributed by atoms with Gasteiger partial charge in [-0.05, 0) is 0 Å². The first-order valence-electron chi connectivity index (χ1n) is 8.35. The van der Waals surface area contributed by atoms with E-state index in [0.29, 0.717) is 0 Å². The fraction of sp³-hybridized carbons (Fsp3) is 0.700. The van der Waals surface area contributed by atoms with Crippen molar-refractivity contribution in [2.45, 2.75) is 30.6 Å². The summed E-state index contributed by atoms with van der Waals surface area (Å²) in [6, 6.07) is -0.968. The van der Waals surface area contributed by atoms with Crippen LogP contribution in [0.4, 0.5) is 0 Å². The predicted octanol–water partition coefficient (Wildman–Crippen LogP) is -3.74. The van der Waals surface area contributed by atoms with Gasteiger partial charge in [0, 0.05) is 0 Å². The number of carbonyl (C=O) groups is 1. The molecule has 3 unspecified atom stereocenters. The summed E-state index contributed by atoms with van der Waals surface area (Å²) in [7, 11) is -16.7. The van der Waals surface area contributed by atoms with Crippen molar-refractivity contribution in [3.05, 3.63) is 0 Å². The molecule has 19 nitrogen and oxygen atoms in total. The maximum Gasteiger partial charge on any atom is 0.490 e. The van der Waals surface area contributed by atoms with Crippen LogP contribution in [0.3, 0.4) is 0 Å². The fourth-order valence-corrected chi connectivity index (χ4v) is 6.02. The number of ether oxygens (including phenoxy) is 1. The van der Waals surface area contributed by atoms with Crippen LogP contribution in [0.1, 0.15) is 0 Å². The minimum Gasteiger partial charge on any atom is -0.387 e. The molecule has 1 amide bonds. The number of fused-ring (bicyclic) bond motifs is 1. The van der Waals surface area contributed by atoms with Crippen molar-refractivity contribution in [1.29, 1.82) is 0 Å². The van der Waals surface area contributed by atoms with Crippen LogP contribution in [0.25, 0.3) is 0 Å². The summed E-state index contributed by atoms with van der Waals surface area (Å²) in [5, 5.41) is 23.2. The van der Waals surface area contributed by atoms with Crippen molar-refractivity contribution in [1.82, 2.24) is 10.2 Å². The fourth-order valence-electron chi connectivity index (χ4n) is 2.99. The van der Waals surface area contributed by atoms with Gasteiger partial charge in [-0.15, -0.1) is 0 Å². The minimum atomic E-state index is -5.72. The molecule has 32 heavy (non-hydrogen) atoms. The number of amidine groups is 1. The van der Waals surface area contributed by atoms with Crippen molar-refractivity contribution >= 4 is 41.2 Å². The number of phosphoric acid groups is 3. The van der Waals surface area contributed by atoms with Crippen LogP contribution < -0.4 is 11.1 Å². The Morgan fingerprint density at radius 3 is 2.38 bits per heavy atom. The molecule has 0 aromatic carbocycles. The van der Waals surface area contributed by atoms with E-state index >= 15 is 0 Å². The molecule has 2 fully saturated rings. The Kier molecular flexibility index (Phi) is 7.09. The lowest BCUT2D eigenvalue weighted by Crippen LogP contribution is -2.48. The Balaban J connectivity index is 1.64. The number of guanidine groups is 1.